The van der Waals surface area contributed by atoms with Crippen LogP contribution in [0.5, 0.6) is 0 Å². The number of hydrogen-bond donors (Lipinski definition) is 3. The van der Waals surface area contributed by atoms with Crippen molar-refractivity contribution in [3.63, 3.8) is 0 Å². The fourth-order valence-corrected chi connectivity index (χ4v) is 13.0. The van der Waals surface area contributed by atoms with Crippen LogP contribution in [0.4, 0.5) is 0 Å². The van der Waals surface area contributed by atoms with Crippen LogP contribution in [-0.4, -0.2) is 96.7 Å². The first-order valence-electron chi connectivity index (χ1n) is 38.8. The molecule has 0 heterocycles. The molecular weight excluding hydrogens is 1220 g/mol. The van der Waals surface area contributed by atoms with Gasteiger partial charge in [-0.25, -0.2) is 9.13 Å². The topological polar surface area (TPSA) is 237 Å². The lowest BCUT2D eigenvalue weighted by Crippen LogP contribution is -2.30. The van der Waals surface area contributed by atoms with Gasteiger partial charge in [-0.15, -0.1) is 0 Å². The number of aliphatic hydroxyl groups is 1. The van der Waals surface area contributed by atoms with Crippen molar-refractivity contribution < 1.29 is 80.2 Å². The molecule has 0 aliphatic rings. The highest BCUT2D eigenvalue weighted by Gasteiger charge is 2.30. The first-order chi connectivity index (χ1) is 45.2. The smallest absolute Gasteiger partial charge is 0.462 e. The van der Waals surface area contributed by atoms with Gasteiger partial charge in [0, 0.05) is 25.7 Å². The second kappa shape index (κ2) is 68.6. The van der Waals surface area contributed by atoms with Crippen LogP contribution in [-0.2, 0) is 65.4 Å². The van der Waals surface area contributed by atoms with Crippen LogP contribution < -0.4 is 0 Å². The summed E-state index contributed by atoms with van der Waals surface area (Å²) in [4.78, 5) is 72.4. The molecule has 2 unspecified atom stereocenters. The normalized spacial score (nSPS) is 13.9. The molecule has 0 saturated carbocycles. The molecule has 5 atom stereocenters. The van der Waals surface area contributed by atoms with E-state index in [1.54, 1.807) is 0 Å². The number of unbranched alkanes of at least 4 members (excludes halogenated alkanes) is 49. The number of hydrogen-bond acceptors (Lipinski definition) is 15. The third kappa shape index (κ3) is 68.4. The van der Waals surface area contributed by atoms with Crippen molar-refractivity contribution in [3.05, 3.63) is 0 Å². The average Bonchev–Trinajstić information content (AvgIpc) is 3.48. The summed E-state index contributed by atoms with van der Waals surface area (Å²) in [5.41, 5.74) is 0. The van der Waals surface area contributed by atoms with E-state index in [1.807, 2.05) is 0 Å². The van der Waals surface area contributed by atoms with Crippen LogP contribution in [0.1, 0.15) is 394 Å². The molecule has 0 aliphatic carbocycles. The standard InChI is InChI=1S/C74H144O17P2/c1-5-9-13-17-20-23-26-28-30-32-34-36-38-40-43-46-49-53-57-61-74(79)91-70(65-85-72(77)59-55-51-47-44-42-39-37-35-33-31-29-27-24-21-18-14-10-6-2)67-89-93(82,83)87-63-68(75)62-86-92(80,81)88-66-69(64-84-71(76)58-54-50-16-12-8-4)90-73(78)60-56-52-48-45-41-25-22-19-15-11-7-3/h68-70,75H,5-67H2,1-4H3,(H,80,81)(H,82,83)/t68-,69+,70+/m0/s1. The fourth-order valence-electron chi connectivity index (χ4n) is 11.4. The summed E-state index contributed by atoms with van der Waals surface area (Å²) in [6.07, 6.45) is 58.7. The van der Waals surface area contributed by atoms with Gasteiger partial charge >= 0.3 is 39.5 Å². The van der Waals surface area contributed by atoms with Crippen LogP contribution in [0.25, 0.3) is 0 Å². The summed E-state index contributed by atoms with van der Waals surface area (Å²) in [5.74, 6) is -2.13. The Bertz CT molecular complexity index is 1770. The Labute approximate surface area is 568 Å². The lowest BCUT2D eigenvalue weighted by molar-refractivity contribution is -0.161. The number of aliphatic hydroxyl groups excluding tert-OH is 1. The highest BCUT2D eigenvalue weighted by molar-refractivity contribution is 7.47. The molecule has 0 saturated heterocycles. The van der Waals surface area contributed by atoms with E-state index in [-0.39, 0.29) is 25.7 Å². The Morgan fingerprint density at radius 2 is 0.430 bits per heavy atom. The van der Waals surface area contributed by atoms with Crippen molar-refractivity contribution in [1.82, 2.24) is 0 Å². The predicted octanol–water partition coefficient (Wildman–Crippen LogP) is 21.8. The van der Waals surface area contributed by atoms with Crippen LogP contribution >= 0.6 is 15.6 Å². The van der Waals surface area contributed by atoms with Crippen molar-refractivity contribution >= 4 is 39.5 Å². The molecule has 3 N–H and O–H groups in total. The lowest BCUT2D eigenvalue weighted by Gasteiger charge is -2.21. The highest BCUT2D eigenvalue weighted by Crippen LogP contribution is 2.45. The number of carbonyl (C=O) groups is 4. The van der Waals surface area contributed by atoms with E-state index >= 15 is 0 Å². The maximum Gasteiger partial charge on any atom is 0.472 e. The summed E-state index contributed by atoms with van der Waals surface area (Å²) >= 11 is 0. The summed E-state index contributed by atoms with van der Waals surface area (Å²) in [7, 11) is -9.89. The first kappa shape index (κ1) is 91.1. The Morgan fingerprint density at radius 3 is 0.634 bits per heavy atom. The van der Waals surface area contributed by atoms with Gasteiger partial charge in [0.2, 0.25) is 0 Å². The molecule has 0 fully saturated rings. The second-order valence-electron chi connectivity index (χ2n) is 26.7. The SMILES string of the molecule is CCCCCCCCCCCCCCCCCCCCCC(=O)O[C@H](COC(=O)CCCCCCCCCCCCCCCCCCCC)COP(=O)(O)OC[C@@H](O)COP(=O)(O)OC[C@@H](COC(=O)CCCCCCC)OC(=O)CCCCCCCCCCCCC. The van der Waals surface area contributed by atoms with Crippen LogP contribution in [0.2, 0.25) is 0 Å². The quantitative estimate of drug-likeness (QED) is 0.0222. The van der Waals surface area contributed by atoms with Gasteiger partial charge in [0.05, 0.1) is 26.4 Å². The van der Waals surface area contributed by atoms with E-state index in [4.69, 9.17) is 37.0 Å². The Morgan fingerprint density at radius 1 is 0.258 bits per heavy atom. The average molecular weight is 1370 g/mol. The number of ether oxygens (including phenoxy) is 4. The van der Waals surface area contributed by atoms with Gasteiger partial charge in [-0.1, -0.05) is 342 Å². The molecule has 0 spiro atoms. The van der Waals surface area contributed by atoms with Gasteiger partial charge in [0.25, 0.3) is 0 Å². The molecule has 93 heavy (non-hydrogen) atoms. The van der Waals surface area contributed by atoms with Gasteiger partial charge in [-0.2, -0.15) is 0 Å². The third-order valence-corrected chi connectivity index (χ3v) is 19.3. The molecule has 0 aromatic heterocycles. The van der Waals surface area contributed by atoms with Crippen LogP contribution in [0.3, 0.4) is 0 Å². The molecule has 0 bridgehead atoms. The van der Waals surface area contributed by atoms with Crippen LogP contribution in [0, 0.1) is 0 Å². The largest absolute Gasteiger partial charge is 0.472 e. The van der Waals surface area contributed by atoms with Crippen molar-refractivity contribution in [1.29, 1.82) is 0 Å². The minimum absolute atomic E-state index is 0.107. The lowest BCUT2D eigenvalue weighted by atomic mass is 10.0. The van der Waals surface area contributed by atoms with Crippen LogP contribution in [0.15, 0.2) is 0 Å². The maximum atomic E-state index is 13.1. The zero-order chi connectivity index (χ0) is 68.2. The van der Waals surface area contributed by atoms with Gasteiger partial charge < -0.3 is 33.8 Å². The molecule has 552 valence electrons. The summed E-state index contributed by atoms with van der Waals surface area (Å²) < 4.78 is 68.2. The minimum atomic E-state index is -4.95. The molecule has 0 aromatic rings. The Hall–Kier alpha value is -1.94. The molecule has 0 aliphatic heterocycles. The van der Waals surface area contributed by atoms with E-state index < -0.39 is 97.5 Å². The zero-order valence-corrected chi connectivity index (χ0v) is 62.0. The third-order valence-electron chi connectivity index (χ3n) is 17.4. The van der Waals surface area contributed by atoms with Gasteiger partial charge in [0.1, 0.15) is 19.3 Å². The fraction of sp³-hybridized carbons (Fsp3) is 0.946. The van der Waals surface area contributed by atoms with E-state index in [0.717, 1.165) is 96.3 Å². The Kier molecular flexibility index (Phi) is 67.1. The highest BCUT2D eigenvalue weighted by atomic mass is 31.2. The molecule has 0 rings (SSSR count). The molecule has 0 amide bonds. The van der Waals surface area contributed by atoms with E-state index in [2.05, 4.69) is 27.7 Å². The molecule has 0 aromatic carbocycles. The Balaban J connectivity index is 5.12. The molecule has 0 radical (unpaired) electrons. The summed E-state index contributed by atoms with van der Waals surface area (Å²) in [6, 6.07) is 0. The van der Waals surface area contributed by atoms with Crippen molar-refractivity contribution in [3.8, 4) is 0 Å². The monoisotopic (exact) mass is 1370 g/mol. The van der Waals surface area contributed by atoms with Gasteiger partial charge in [-0.3, -0.25) is 37.3 Å². The van der Waals surface area contributed by atoms with E-state index in [1.165, 1.54) is 218 Å². The number of esters is 4. The van der Waals surface area contributed by atoms with E-state index in [0.29, 0.717) is 25.7 Å². The van der Waals surface area contributed by atoms with Crippen molar-refractivity contribution in [2.24, 2.45) is 0 Å². The molecule has 19 heteroatoms. The first-order valence-corrected chi connectivity index (χ1v) is 41.8. The summed E-state index contributed by atoms with van der Waals surface area (Å²) in [6.45, 7) is 4.88. The summed E-state index contributed by atoms with van der Waals surface area (Å²) in [5, 5.41) is 10.6. The van der Waals surface area contributed by atoms with Gasteiger partial charge in [-0.05, 0) is 25.7 Å². The number of phosphoric ester groups is 2. The number of rotatable bonds is 75. The molecular formula is C74H144O17P2. The maximum absolute atomic E-state index is 13.1. The van der Waals surface area contributed by atoms with E-state index in [9.17, 15) is 43.2 Å². The predicted molar refractivity (Wildman–Crippen MR) is 377 cm³/mol. The molecule has 17 nitrogen and oxygen atoms in total. The van der Waals surface area contributed by atoms with Crippen molar-refractivity contribution in [2.45, 2.75) is 412 Å². The zero-order valence-electron chi connectivity index (χ0n) is 60.2. The van der Waals surface area contributed by atoms with Crippen molar-refractivity contribution in [2.75, 3.05) is 39.6 Å². The second-order valence-corrected chi connectivity index (χ2v) is 29.6. The number of phosphoric acid groups is 2. The number of carbonyl (C=O) groups excluding carboxylic acids is 4. The van der Waals surface area contributed by atoms with Gasteiger partial charge in [0.15, 0.2) is 12.2 Å². The minimum Gasteiger partial charge on any atom is -0.462 e.